The van der Waals surface area contributed by atoms with Gasteiger partial charge in [-0.15, -0.1) is 0 Å². The number of nitrogens with zero attached hydrogens (tertiary/aromatic N) is 3. The number of amides is 2. The average molecular weight is 403 g/mol. The Morgan fingerprint density at radius 1 is 0.867 bits per heavy atom. The van der Waals surface area contributed by atoms with E-state index in [0.717, 1.165) is 16.8 Å². The molecule has 2 aromatic carbocycles. The van der Waals surface area contributed by atoms with Gasteiger partial charge in [0.15, 0.2) is 0 Å². The smallest absolute Gasteiger partial charge is 0.253 e. The molecule has 2 heterocycles. The Balaban J connectivity index is 1.36. The van der Waals surface area contributed by atoms with E-state index in [2.05, 4.69) is 4.98 Å². The van der Waals surface area contributed by atoms with Gasteiger partial charge in [0.2, 0.25) is 5.91 Å². The summed E-state index contributed by atoms with van der Waals surface area (Å²) in [5.74, 6) is -0.366. The molecule has 5 nitrogen and oxygen atoms in total. The van der Waals surface area contributed by atoms with E-state index in [0.29, 0.717) is 31.7 Å². The third-order valence-corrected chi connectivity index (χ3v) is 5.26. The molecule has 152 valence electrons. The highest BCUT2D eigenvalue weighted by atomic mass is 19.1. The number of rotatable bonds is 4. The maximum absolute atomic E-state index is 13.0. The van der Waals surface area contributed by atoms with Crippen molar-refractivity contribution >= 4 is 11.8 Å². The molecule has 4 rings (SSSR count). The number of pyridine rings is 1. The summed E-state index contributed by atoms with van der Waals surface area (Å²) in [6.07, 6.45) is 1.96. The maximum atomic E-state index is 13.0. The first-order valence-corrected chi connectivity index (χ1v) is 9.93. The van der Waals surface area contributed by atoms with Crippen LogP contribution >= 0.6 is 0 Å². The molecule has 0 aliphatic carbocycles. The minimum absolute atomic E-state index is 0.00847. The Bertz CT molecular complexity index is 1030. The molecule has 0 saturated carbocycles. The average Bonchev–Trinajstić information content (AvgIpc) is 2.81. The first kappa shape index (κ1) is 19.8. The van der Waals surface area contributed by atoms with E-state index in [-0.39, 0.29) is 24.1 Å². The molecule has 1 aliphatic heterocycles. The van der Waals surface area contributed by atoms with Crippen molar-refractivity contribution in [3.05, 3.63) is 89.9 Å². The number of piperazine rings is 1. The van der Waals surface area contributed by atoms with E-state index < -0.39 is 0 Å². The third-order valence-electron chi connectivity index (χ3n) is 5.26. The van der Waals surface area contributed by atoms with E-state index >= 15 is 0 Å². The van der Waals surface area contributed by atoms with Crippen molar-refractivity contribution in [1.29, 1.82) is 0 Å². The van der Waals surface area contributed by atoms with Crippen LogP contribution in [-0.4, -0.2) is 52.8 Å². The number of halogens is 1. The first-order chi connectivity index (χ1) is 14.6. The van der Waals surface area contributed by atoms with E-state index in [9.17, 15) is 14.0 Å². The molecule has 1 aromatic heterocycles. The van der Waals surface area contributed by atoms with Crippen LogP contribution in [-0.2, 0) is 11.2 Å². The molecule has 30 heavy (non-hydrogen) atoms. The van der Waals surface area contributed by atoms with Crippen molar-refractivity contribution in [3.63, 3.8) is 0 Å². The fourth-order valence-corrected chi connectivity index (χ4v) is 3.58. The molecular formula is C24H22FN3O2. The normalized spacial score (nSPS) is 13.9. The highest BCUT2D eigenvalue weighted by Crippen LogP contribution is 2.19. The lowest BCUT2D eigenvalue weighted by Crippen LogP contribution is -2.51. The van der Waals surface area contributed by atoms with Crippen molar-refractivity contribution in [2.45, 2.75) is 6.42 Å². The van der Waals surface area contributed by atoms with Crippen LogP contribution < -0.4 is 0 Å². The summed E-state index contributed by atoms with van der Waals surface area (Å²) >= 11 is 0. The summed E-state index contributed by atoms with van der Waals surface area (Å²) in [5.41, 5.74) is 3.12. The van der Waals surface area contributed by atoms with Gasteiger partial charge in [-0.05, 0) is 42.0 Å². The molecule has 0 unspecified atom stereocenters. The highest BCUT2D eigenvalue weighted by molar-refractivity contribution is 5.95. The largest absolute Gasteiger partial charge is 0.339 e. The van der Waals surface area contributed by atoms with Gasteiger partial charge in [-0.2, -0.15) is 0 Å². The van der Waals surface area contributed by atoms with E-state index in [1.54, 1.807) is 34.2 Å². The Morgan fingerprint density at radius 2 is 1.60 bits per heavy atom. The Labute approximate surface area is 174 Å². The Kier molecular flexibility index (Phi) is 5.84. The second-order valence-corrected chi connectivity index (χ2v) is 7.27. The van der Waals surface area contributed by atoms with E-state index in [1.807, 2.05) is 36.4 Å². The number of benzene rings is 2. The first-order valence-electron chi connectivity index (χ1n) is 9.93. The molecule has 0 spiro atoms. The fraction of sp³-hybridized carbons (Fsp3) is 0.208. The van der Waals surface area contributed by atoms with Gasteiger partial charge in [-0.25, -0.2) is 4.39 Å². The second-order valence-electron chi connectivity index (χ2n) is 7.27. The summed E-state index contributed by atoms with van der Waals surface area (Å²) in [7, 11) is 0. The zero-order valence-corrected chi connectivity index (χ0v) is 16.5. The monoisotopic (exact) mass is 403 g/mol. The van der Waals surface area contributed by atoms with Gasteiger partial charge < -0.3 is 9.80 Å². The van der Waals surface area contributed by atoms with Crippen LogP contribution in [0.3, 0.4) is 0 Å². The van der Waals surface area contributed by atoms with Crippen molar-refractivity contribution < 1.29 is 14.0 Å². The molecule has 6 heteroatoms. The van der Waals surface area contributed by atoms with E-state index in [1.165, 1.54) is 12.1 Å². The van der Waals surface area contributed by atoms with Gasteiger partial charge >= 0.3 is 0 Å². The fourth-order valence-electron chi connectivity index (χ4n) is 3.58. The van der Waals surface area contributed by atoms with Gasteiger partial charge in [-0.3, -0.25) is 14.6 Å². The minimum atomic E-state index is -0.314. The molecule has 0 N–H and O–H groups in total. The molecule has 1 saturated heterocycles. The summed E-state index contributed by atoms with van der Waals surface area (Å²) in [6, 6.07) is 19.1. The van der Waals surface area contributed by atoms with E-state index in [4.69, 9.17) is 0 Å². The summed E-state index contributed by atoms with van der Waals surface area (Å²) in [5, 5.41) is 0. The van der Waals surface area contributed by atoms with Crippen LogP contribution in [0, 0.1) is 5.82 Å². The molecule has 2 amide bonds. The van der Waals surface area contributed by atoms with Crippen LogP contribution in [0.25, 0.3) is 11.3 Å². The Morgan fingerprint density at radius 3 is 2.30 bits per heavy atom. The van der Waals surface area contributed by atoms with Crippen molar-refractivity contribution in [3.8, 4) is 11.3 Å². The lowest BCUT2D eigenvalue weighted by Gasteiger charge is -2.35. The zero-order chi connectivity index (χ0) is 20.9. The van der Waals surface area contributed by atoms with Crippen LogP contribution in [0.2, 0.25) is 0 Å². The van der Waals surface area contributed by atoms with Gasteiger partial charge in [0.25, 0.3) is 5.91 Å². The predicted molar refractivity (Wildman–Crippen MR) is 112 cm³/mol. The predicted octanol–water partition coefficient (Wildman–Crippen LogP) is 3.41. The molecule has 1 aliphatic rings. The molecule has 0 bridgehead atoms. The van der Waals surface area contributed by atoms with Gasteiger partial charge in [0.05, 0.1) is 12.1 Å². The minimum Gasteiger partial charge on any atom is -0.339 e. The van der Waals surface area contributed by atoms with Crippen molar-refractivity contribution in [2.24, 2.45) is 0 Å². The topological polar surface area (TPSA) is 53.5 Å². The third kappa shape index (κ3) is 4.54. The number of hydrogen-bond donors (Lipinski definition) is 0. The number of hydrogen-bond acceptors (Lipinski definition) is 3. The quantitative estimate of drug-likeness (QED) is 0.671. The molecule has 3 aromatic rings. The number of aromatic nitrogens is 1. The Hall–Kier alpha value is -3.54. The van der Waals surface area contributed by atoms with Gasteiger partial charge in [0, 0.05) is 43.5 Å². The SMILES string of the molecule is O=C(Cc1ccc(F)cc1)N1CCN(C(=O)c2cccc(-c3ccccn3)c2)CC1. The van der Waals surface area contributed by atoms with Gasteiger partial charge in [0.1, 0.15) is 5.82 Å². The maximum Gasteiger partial charge on any atom is 0.253 e. The summed E-state index contributed by atoms with van der Waals surface area (Å²) in [4.78, 5) is 33.4. The lowest BCUT2D eigenvalue weighted by molar-refractivity contribution is -0.131. The van der Waals surface area contributed by atoms with Crippen LogP contribution in [0.4, 0.5) is 4.39 Å². The zero-order valence-electron chi connectivity index (χ0n) is 16.5. The van der Waals surface area contributed by atoms with Gasteiger partial charge in [-0.1, -0.05) is 30.3 Å². The van der Waals surface area contributed by atoms with Crippen LogP contribution in [0.15, 0.2) is 72.9 Å². The van der Waals surface area contributed by atoms with Crippen molar-refractivity contribution in [2.75, 3.05) is 26.2 Å². The molecular weight excluding hydrogens is 381 g/mol. The number of carbonyl (C=O) groups excluding carboxylic acids is 2. The summed E-state index contributed by atoms with van der Waals surface area (Å²) < 4.78 is 13.0. The van der Waals surface area contributed by atoms with Crippen LogP contribution in [0.5, 0.6) is 0 Å². The van der Waals surface area contributed by atoms with Crippen LogP contribution in [0.1, 0.15) is 15.9 Å². The second kappa shape index (κ2) is 8.86. The number of carbonyl (C=O) groups is 2. The standard InChI is InChI=1S/C24H22FN3O2/c25-21-9-7-18(8-10-21)16-23(29)27-12-14-28(15-13-27)24(30)20-5-3-4-19(17-20)22-6-1-2-11-26-22/h1-11,17H,12-16H2. The summed E-state index contributed by atoms with van der Waals surface area (Å²) in [6.45, 7) is 1.96. The molecule has 1 fully saturated rings. The highest BCUT2D eigenvalue weighted by Gasteiger charge is 2.25. The molecule has 0 atom stereocenters. The lowest BCUT2D eigenvalue weighted by atomic mass is 10.1. The van der Waals surface area contributed by atoms with Crippen molar-refractivity contribution in [1.82, 2.24) is 14.8 Å². The molecule has 0 radical (unpaired) electrons.